The topological polar surface area (TPSA) is 9.23 Å². The molecule has 0 saturated carbocycles. The number of hydrogen-bond acceptors (Lipinski definition) is 2. The Labute approximate surface area is 141 Å². The Morgan fingerprint density at radius 2 is 1.75 bits per heavy atom. The third-order valence-electron chi connectivity index (χ3n) is 2.63. The zero-order valence-corrected chi connectivity index (χ0v) is 16.0. The van der Waals surface area contributed by atoms with Gasteiger partial charge in [0.25, 0.3) is 0 Å². The zero-order valence-electron chi connectivity index (χ0n) is 13.8. The van der Waals surface area contributed by atoms with E-state index in [2.05, 4.69) is 25.3 Å². The first-order valence-electron chi connectivity index (χ1n) is 7.11. The van der Waals surface area contributed by atoms with Crippen molar-refractivity contribution in [3.05, 3.63) is 34.9 Å². The van der Waals surface area contributed by atoms with Gasteiger partial charge in [-0.05, 0) is 18.1 Å². The molecule has 1 radical (unpaired) electrons. The van der Waals surface area contributed by atoms with Crippen molar-refractivity contribution in [2.45, 2.75) is 48.0 Å². The van der Waals surface area contributed by atoms with Gasteiger partial charge in [-0.25, -0.2) is 0 Å². The Morgan fingerprint density at radius 1 is 1.15 bits per heavy atom. The Balaban J connectivity index is 0. The van der Waals surface area contributed by atoms with Crippen LogP contribution in [0.15, 0.2) is 17.7 Å². The molecule has 1 heterocycles. The predicted molar refractivity (Wildman–Crippen MR) is 88.9 cm³/mol. The summed E-state index contributed by atoms with van der Waals surface area (Å²) < 4.78 is 5.76. The van der Waals surface area contributed by atoms with Crippen LogP contribution in [-0.4, -0.2) is 12.9 Å². The summed E-state index contributed by atoms with van der Waals surface area (Å²) in [5.74, 6) is 1.01. The second-order valence-electron chi connectivity index (χ2n) is 3.81. The molecule has 0 amide bonds. The molecule has 0 fully saturated rings. The van der Waals surface area contributed by atoms with Gasteiger partial charge in [0.2, 0.25) is 0 Å². The number of benzene rings is 1. The minimum absolute atomic E-state index is 0. The molecule has 0 N–H and O–H groups in total. The summed E-state index contributed by atoms with van der Waals surface area (Å²) in [6.07, 6.45) is 3.14. The van der Waals surface area contributed by atoms with Gasteiger partial charge in [0.05, 0.1) is 6.61 Å². The van der Waals surface area contributed by atoms with E-state index in [0.29, 0.717) is 0 Å². The average molecular weight is 330 g/mol. The van der Waals surface area contributed by atoms with Crippen molar-refractivity contribution in [2.24, 2.45) is 0 Å². The molecule has 0 bridgehead atoms. The summed E-state index contributed by atoms with van der Waals surface area (Å²) >= 11 is 1.80. The van der Waals surface area contributed by atoms with E-state index >= 15 is 0 Å². The molecule has 20 heavy (non-hydrogen) atoms. The monoisotopic (exact) mass is 330 g/mol. The molecule has 1 aliphatic rings. The number of fused-ring (bicyclic) bond motifs is 1. The molecular formula is C17H27OSV-. The number of thioether (sulfide) groups is 1. The fraction of sp³-hybridized carbons (Fsp3) is 0.529. The smallest absolute Gasteiger partial charge is 0.0888 e. The Morgan fingerprint density at radius 3 is 2.30 bits per heavy atom. The van der Waals surface area contributed by atoms with Gasteiger partial charge in [0.15, 0.2) is 0 Å². The van der Waals surface area contributed by atoms with Crippen molar-refractivity contribution >= 4 is 16.7 Å². The summed E-state index contributed by atoms with van der Waals surface area (Å²) in [5, 5.41) is 0. The average Bonchev–Trinajstić information content (AvgIpc) is 2.61. The van der Waals surface area contributed by atoms with E-state index < -0.39 is 0 Å². The number of aryl methyl sites for hydroxylation is 1. The normalized spacial score (nSPS) is 12.3. The second kappa shape index (κ2) is 12.4. The van der Waals surface area contributed by atoms with Gasteiger partial charge >= 0.3 is 0 Å². The molecular weight excluding hydrogens is 303 g/mol. The molecule has 0 atom stereocenters. The zero-order chi connectivity index (χ0) is 14.8. The maximum atomic E-state index is 5.76. The quantitative estimate of drug-likeness (QED) is 0.609. The van der Waals surface area contributed by atoms with Crippen LogP contribution in [0.2, 0.25) is 0 Å². The van der Waals surface area contributed by atoms with E-state index in [1.54, 1.807) is 11.8 Å². The van der Waals surface area contributed by atoms with Crippen LogP contribution >= 0.6 is 11.8 Å². The van der Waals surface area contributed by atoms with E-state index in [-0.39, 0.29) is 18.6 Å². The van der Waals surface area contributed by atoms with Crippen LogP contribution in [0.3, 0.4) is 0 Å². The molecule has 113 valence electrons. The van der Waals surface area contributed by atoms with E-state index in [0.717, 1.165) is 24.3 Å². The van der Waals surface area contributed by atoms with Crippen molar-refractivity contribution in [1.82, 2.24) is 0 Å². The van der Waals surface area contributed by atoms with Crippen LogP contribution < -0.4 is 4.74 Å². The first-order valence-corrected chi connectivity index (χ1v) is 8.34. The maximum absolute atomic E-state index is 5.76. The van der Waals surface area contributed by atoms with E-state index in [9.17, 15) is 0 Å². The first-order chi connectivity index (χ1) is 9.22. The van der Waals surface area contributed by atoms with Crippen molar-refractivity contribution in [3.63, 3.8) is 0 Å². The van der Waals surface area contributed by atoms with Gasteiger partial charge in [0, 0.05) is 30.7 Å². The fourth-order valence-electron chi connectivity index (χ4n) is 1.81. The molecule has 0 unspecified atom stereocenters. The second-order valence-corrected chi connectivity index (χ2v) is 4.62. The SMILES string of the molecule is CC.CC.CSC1=C(C)CCOc2cc(C)[c-]cc21.[V]. The van der Waals surface area contributed by atoms with Gasteiger partial charge < -0.3 is 4.74 Å². The van der Waals surface area contributed by atoms with E-state index in [1.807, 2.05) is 40.7 Å². The van der Waals surface area contributed by atoms with Crippen molar-refractivity contribution in [2.75, 3.05) is 12.9 Å². The summed E-state index contributed by atoms with van der Waals surface area (Å²) in [6.45, 7) is 13.0. The van der Waals surface area contributed by atoms with Crippen molar-refractivity contribution in [1.29, 1.82) is 0 Å². The minimum Gasteiger partial charge on any atom is -0.518 e. The standard InChI is InChI=1S/C13H15OS.2C2H6.V/c1-9-4-5-11-12(8-9)14-7-6-10(2)13(11)15-3;2*1-2;/h5,8H,6-7H2,1-3H3;2*1-2H3;/q-1;;;. The molecule has 0 saturated heterocycles. The van der Waals surface area contributed by atoms with Crippen LogP contribution in [0.1, 0.15) is 52.2 Å². The summed E-state index contributed by atoms with van der Waals surface area (Å²) in [7, 11) is 0. The summed E-state index contributed by atoms with van der Waals surface area (Å²) in [4.78, 5) is 1.35. The fourth-order valence-corrected chi connectivity index (χ4v) is 2.64. The molecule has 1 aromatic rings. The molecule has 2 rings (SSSR count). The Kier molecular flexibility index (Phi) is 13.7. The molecule has 3 heteroatoms. The van der Waals surface area contributed by atoms with E-state index in [1.165, 1.54) is 16.0 Å². The van der Waals surface area contributed by atoms with Crippen LogP contribution in [0, 0.1) is 13.0 Å². The van der Waals surface area contributed by atoms with Crippen LogP contribution in [-0.2, 0) is 18.6 Å². The van der Waals surface area contributed by atoms with Crippen molar-refractivity contribution < 1.29 is 23.3 Å². The first kappa shape index (κ1) is 22.0. The molecule has 0 aliphatic carbocycles. The van der Waals surface area contributed by atoms with Gasteiger partial charge in [0.1, 0.15) is 0 Å². The number of ether oxygens (including phenoxy) is 1. The molecule has 1 nitrogen and oxygen atoms in total. The number of hydrogen-bond donors (Lipinski definition) is 0. The molecule has 0 aromatic heterocycles. The molecule has 1 aromatic carbocycles. The van der Waals surface area contributed by atoms with Crippen LogP contribution in [0.5, 0.6) is 5.75 Å². The predicted octanol–water partition coefficient (Wildman–Crippen LogP) is 5.72. The van der Waals surface area contributed by atoms with Gasteiger partial charge in [-0.2, -0.15) is 17.7 Å². The molecule has 1 aliphatic heterocycles. The van der Waals surface area contributed by atoms with Gasteiger partial charge in [-0.15, -0.1) is 17.8 Å². The summed E-state index contributed by atoms with van der Waals surface area (Å²) in [6, 6.07) is 7.37. The number of rotatable bonds is 1. The van der Waals surface area contributed by atoms with E-state index in [4.69, 9.17) is 4.74 Å². The van der Waals surface area contributed by atoms with Gasteiger partial charge in [-0.3, -0.25) is 0 Å². The summed E-state index contributed by atoms with van der Waals surface area (Å²) in [5.41, 5.74) is 3.75. The largest absolute Gasteiger partial charge is 0.518 e. The molecule has 0 spiro atoms. The maximum Gasteiger partial charge on any atom is 0.0888 e. The van der Waals surface area contributed by atoms with Crippen molar-refractivity contribution in [3.8, 4) is 5.75 Å². The third-order valence-corrected chi connectivity index (χ3v) is 3.60. The van der Waals surface area contributed by atoms with Crippen LogP contribution in [0.4, 0.5) is 0 Å². The Hall–Kier alpha value is -0.306. The third kappa shape index (κ3) is 5.99. The Bertz CT molecular complexity index is 413. The minimum atomic E-state index is 0. The van der Waals surface area contributed by atoms with Crippen LogP contribution in [0.25, 0.3) is 4.91 Å². The van der Waals surface area contributed by atoms with Gasteiger partial charge in [-0.1, -0.05) is 45.8 Å².